The SMILES string of the molecule is Cc1nc(-c2cccc(N3C[C@H](C(=O)N4CCc5ccccc54)CC3=O)c2)no1. The molecular weight excluding hydrogens is 368 g/mol. The Morgan fingerprint density at radius 1 is 1.17 bits per heavy atom. The van der Waals surface area contributed by atoms with Crippen molar-refractivity contribution in [2.75, 3.05) is 22.9 Å². The predicted octanol–water partition coefficient (Wildman–Crippen LogP) is 2.99. The lowest BCUT2D eigenvalue weighted by atomic mass is 10.1. The Kier molecular flexibility index (Phi) is 4.16. The summed E-state index contributed by atoms with van der Waals surface area (Å²) in [7, 11) is 0. The zero-order chi connectivity index (χ0) is 20.0. The molecule has 2 aromatic carbocycles. The lowest BCUT2D eigenvalue weighted by Crippen LogP contribution is -2.36. The fourth-order valence-corrected chi connectivity index (χ4v) is 4.14. The number of aryl methyl sites for hydroxylation is 1. The fraction of sp³-hybridized carbons (Fsp3) is 0.273. The molecule has 0 radical (unpaired) electrons. The van der Waals surface area contributed by atoms with Crippen LogP contribution in [0.4, 0.5) is 11.4 Å². The smallest absolute Gasteiger partial charge is 0.232 e. The van der Waals surface area contributed by atoms with Crippen LogP contribution in [0, 0.1) is 12.8 Å². The quantitative estimate of drug-likeness (QED) is 0.689. The number of hydrogen-bond acceptors (Lipinski definition) is 5. The Bertz CT molecular complexity index is 1110. The third kappa shape index (κ3) is 3.08. The van der Waals surface area contributed by atoms with E-state index >= 15 is 0 Å². The largest absolute Gasteiger partial charge is 0.339 e. The van der Waals surface area contributed by atoms with Gasteiger partial charge < -0.3 is 14.3 Å². The Morgan fingerprint density at radius 3 is 2.86 bits per heavy atom. The van der Waals surface area contributed by atoms with Gasteiger partial charge in [-0.15, -0.1) is 0 Å². The van der Waals surface area contributed by atoms with E-state index in [9.17, 15) is 9.59 Å². The van der Waals surface area contributed by atoms with Gasteiger partial charge in [-0.05, 0) is 30.2 Å². The number of fused-ring (bicyclic) bond motifs is 1. The van der Waals surface area contributed by atoms with E-state index in [2.05, 4.69) is 16.2 Å². The van der Waals surface area contributed by atoms with Crippen molar-refractivity contribution in [2.45, 2.75) is 19.8 Å². The van der Waals surface area contributed by atoms with Crippen molar-refractivity contribution >= 4 is 23.2 Å². The first-order valence-electron chi connectivity index (χ1n) is 9.70. The zero-order valence-corrected chi connectivity index (χ0v) is 16.0. The van der Waals surface area contributed by atoms with Crippen LogP contribution in [0.3, 0.4) is 0 Å². The number of carbonyl (C=O) groups is 2. The molecule has 7 nitrogen and oxygen atoms in total. The molecule has 1 atom stereocenters. The molecule has 146 valence electrons. The molecule has 0 spiro atoms. The van der Waals surface area contributed by atoms with Gasteiger partial charge in [0.2, 0.25) is 23.5 Å². The van der Waals surface area contributed by atoms with Crippen LogP contribution in [0.1, 0.15) is 17.9 Å². The Morgan fingerprint density at radius 2 is 2.03 bits per heavy atom. The average Bonchev–Trinajstić information content (AvgIpc) is 3.45. The standard InChI is InChI=1S/C22H20N4O3/c1-14-23-21(24-29-14)16-6-4-7-18(11-16)26-13-17(12-20(26)27)22(28)25-10-9-15-5-2-3-8-19(15)25/h2-8,11,17H,9-10,12-13H2,1H3/t17-/m1/s1. The van der Waals surface area contributed by atoms with E-state index in [0.717, 1.165) is 23.4 Å². The summed E-state index contributed by atoms with van der Waals surface area (Å²) in [5.41, 5.74) is 3.67. The lowest BCUT2D eigenvalue weighted by Gasteiger charge is -2.22. The van der Waals surface area contributed by atoms with Crippen molar-refractivity contribution in [1.82, 2.24) is 10.1 Å². The maximum atomic E-state index is 13.1. The van der Waals surface area contributed by atoms with E-state index in [-0.39, 0.29) is 24.2 Å². The van der Waals surface area contributed by atoms with E-state index in [1.54, 1.807) is 11.8 Å². The highest BCUT2D eigenvalue weighted by molar-refractivity contribution is 6.05. The molecule has 29 heavy (non-hydrogen) atoms. The number of anilines is 2. The second-order valence-corrected chi connectivity index (χ2v) is 7.46. The highest BCUT2D eigenvalue weighted by atomic mass is 16.5. The number of amides is 2. The molecule has 0 aliphatic carbocycles. The van der Waals surface area contributed by atoms with E-state index < -0.39 is 0 Å². The van der Waals surface area contributed by atoms with Gasteiger partial charge in [-0.3, -0.25) is 9.59 Å². The van der Waals surface area contributed by atoms with Crippen LogP contribution in [-0.2, 0) is 16.0 Å². The third-order valence-electron chi connectivity index (χ3n) is 5.57. The van der Waals surface area contributed by atoms with Crippen molar-refractivity contribution in [3.63, 3.8) is 0 Å². The van der Waals surface area contributed by atoms with Gasteiger partial charge in [0.05, 0.1) is 5.92 Å². The summed E-state index contributed by atoms with van der Waals surface area (Å²) >= 11 is 0. The van der Waals surface area contributed by atoms with Gasteiger partial charge in [-0.25, -0.2) is 0 Å². The summed E-state index contributed by atoms with van der Waals surface area (Å²) in [6.07, 6.45) is 1.08. The van der Waals surface area contributed by atoms with Gasteiger partial charge in [0.25, 0.3) is 0 Å². The van der Waals surface area contributed by atoms with Crippen LogP contribution in [0.25, 0.3) is 11.4 Å². The molecule has 2 aliphatic heterocycles. The Hall–Kier alpha value is -3.48. The molecule has 1 aromatic heterocycles. The highest BCUT2D eigenvalue weighted by Gasteiger charge is 2.39. The number of benzene rings is 2. The molecule has 0 N–H and O–H groups in total. The summed E-state index contributed by atoms with van der Waals surface area (Å²) in [5.74, 6) is 0.606. The molecule has 3 heterocycles. The molecule has 0 unspecified atom stereocenters. The third-order valence-corrected chi connectivity index (χ3v) is 5.57. The second kappa shape index (κ2) is 6.84. The maximum Gasteiger partial charge on any atom is 0.232 e. The molecule has 0 bridgehead atoms. The van der Waals surface area contributed by atoms with E-state index in [4.69, 9.17) is 4.52 Å². The van der Waals surface area contributed by atoms with Crippen LogP contribution in [0.2, 0.25) is 0 Å². The van der Waals surface area contributed by atoms with Crippen LogP contribution in [0.5, 0.6) is 0 Å². The van der Waals surface area contributed by atoms with E-state index in [0.29, 0.717) is 24.8 Å². The zero-order valence-electron chi connectivity index (χ0n) is 16.0. The molecule has 5 rings (SSSR count). The highest BCUT2D eigenvalue weighted by Crippen LogP contribution is 2.33. The van der Waals surface area contributed by atoms with Gasteiger partial charge in [-0.1, -0.05) is 35.5 Å². The Labute approximate surface area is 167 Å². The minimum absolute atomic E-state index is 0.0238. The number of carbonyl (C=O) groups excluding carboxylic acids is 2. The van der Waals surface area contributed by atoms with Crippen molar-refractivity contribution < 1.29 is 14.1 Å². The van der Waals surface area contributed by atoms with E-state index in [1.165, 1.54) is 5.56 Å². The monoisotopic (exact) mass is 388 g/mol. The first kappa shape index (κ1) is 17.6. The summed E-state index contributed by atoms with van der Waals surface area (Å²) < 4.78 is 5.05. The topological polar surface area (TPSA) is 79.5 Å². The van der Waals surface area contributed by atoms with Crippen LogP contribution in [-0.4, -0.2) is 35.0 Å². The van der Waals surface area contributed by atoms with Crippen molar-refractivity contribution in [3.05, 3.63) is 60.0 Å². The average molecular weight is 388 g/mol. The first-order valence-corrected chi connectivity index (χ1v) is 9.70. The van der Waals surface area contributed by atoms with Crippen LogP contribution in [0.15, 0.2) is 53.1 Å². The van der Waals surface area contributed by atoms with Crippen molar-refractivity contribution in [1.29, 1.82) is 0 Å². The van der Waals surface area contributed by atoms with Crippen LogP contribution >= 0.6 is 0 Å². The maximum absolute atomic E-state index is 13.1. The molecule has 1 saturated heterocycles. The fourth-order valence-electron chi connectivity index (χ4n) is 4.14. The number of nitrogens with zero attached hydrogens (tertiary/aromatic N) is 4. The number of rotatable bonds is 3. The van der Waals surface area contributed by atoms with Gasteiger partial charge in [0.1, 0.15) is 0 Å². The minimum atomic E-state index is -0.343. The van der Waals surface area contributed by atoms with Gasteiger partial charge in [0, 0.05) is 43.4 Å². The number of hydrogen-bond donors (Lipinski definition) is 0. The number of aromatic nitrogens is 2. The molecule has 3 aromatic rings. The van der Waals surface area contributed by atoms with E-state index in [1.807, 2.05) is 47.4 Å². The van der Waals surface area contributed by atoms with Crippen molar-refractivity contribution in [3.8, 4) is 11.4 Å². The molecule has 1 fully saturated rings. The summed E-state index contributed by atoms with van der Waals surface area (Å²) in [4.78, 5) is 33.6. The Balaban J connectivity index is 1.37. The summed E-state index contributed by atoms with van der Waals surface area (Å²) in [6.45, 7) is 2.79. The molecular formula is C22H20N4O3. The first-order chi connectivity index (χ1) is 14.1. The normalized spacial score (nSPS) is 18.4. The van der Waals surface area contributed by atoms with Gasteiger partial charge in [-0.2, -0.15) is 4.98 Å². The molecule has 0 saturated carbocycles. The lowest BCUT2D eigenvalue weighted by molar-refractivity contribution is -0.124. The molecule has 2 amide bonds. The van der Waals surface area contributed by atoms with Crippen LogP contribution < -0.4 is 9.80 Å². The second-order valence-electron chi connectivity index (χ2n) is 7.46. The van der Waals surface area contributed by atoms with Gasteiger partial charge >= 0.3 is 0 Å². The summed E-state index contributed by atoms with van der Waals surface area (Å²) in [6, 6.07) is 15.4. The predicted molar refractivity (Wildman–Crippen MR) is 107 cm³/mol. The molecule has 2 aliphatic rings. The molecule has 7 heteroatoms. The van der Waals surface area contributed by atoms with Crippen molar-refractivity contribution in [2.24, 2.45) is 5.92 Å². The number of para-hydroxylation sites is 1. The summed E-state index contributed by atoms with van der Waals surface area (Å²) in [5, 5.41) is 3.94. The minimum Gasteiger partial charge on any atom is -0.339 e. The van der Waals surface area contributed by atoms with Gasteiger partial charge in [0.15, 0.2) is 0 Å².